The van der Waals surface area contributed by atoms with Crippen molar-refractivity contribution in [1.29, 1.82) is 5.41 Å². The zero-order valence-corrected chi connectivity index (χ0v) is 50.4. The van der Waals surface area contributed by atoms with Crippen LogP contribution in [0.5, 0.6) is 11.5 Å². The smallest absolute Gasteiger partial charge is 0.330 e. The fraction of sp³-hybridized carbons (Fsp3) is 0.667. The van der Waals surface area contributed by atoms with Gasteiger partial charge in [-0.1, -0.05) is 19.9 Å². The van der Waals surface area contributed by atoms with Crippen LogP contribution in [0, 0.1) is 29.1 Å². The molecule has 1 heterocycles. The maximum atomic E-state index is 14.0. The summed E-state index contributed by atoms with van der Waals surface area (Å²) in [4.78, 5) is 70.1. The first-order valence-corrected chi connectivity index (χ1v) is 30.0. The standard InChI is InChI=1S/C60H93N9O17/c1-41(2)47-35-46(8-9-49(47)64-50(57-51(80-3)6-5-7-52(57)81-4)36-48(61)58(77)65-60(59(78)79)44-31-42-30-43(33-44)34-45(60)32-42)62-10-20-82-22-24-84-26-28-86-29-27-85-25-23-83-21-11-63-53(70)37-66-12-14-67(38-54(71)72)16-18-69(40-56(75)76)19-17-68(15-13-66)39-55(73)74/h5-9,35-36,41-45,54,61-62,64,71-72H,10-34,37-40H2,1-4H3,(H,63,70)(H,65,77)(H,73,74)(H,75,76)(H,78,79)/b50-36-,61-48?. The van der Waals surface area contributed by atoms with Crippen molar-refractivity contribution in [2.45, 2.75) is 63.7 Å². The fourth-order valence-electron chi connectivity index (χ4n) is 12.3. The fourth-order valence-corrected chi connectivity index (χ4v) is 12.3. The molecule has 4 saturated carbocycles. The van der Waals surface area contributed by atoms with Crippen LogP contribution >= 0.6 is 0 Å². The molecule has 26 nitrogen and oxygen atoms in total. The SMILES string of the molecule is COc1cccc(OC)c1/C(=C/C(=N)C(=O)NC1(C(=O)O)C2CC3CC(C2)CC1C3)Nc1ccc(NCCOCCOCCOCCOCCOCCNC(=O)CN2CCN(CC(=O)O)CCN(CC(=O)O)CCN(CC(O)O)CC2)cc1C(C)C. The normalized spacial score (nSPS) is 21.6. The number of anilines is 2. The van der Waals surface area contributed by atoms with Crippen molar-refractivity contribution >= 4 is 52.5 Å². The Balaban J connectivity index is 0.835. The molecule has 2 aromatic carbocycles. The molecule has 7 rings (SSSR count). The van der Waals surface area contributed by atoms with E-state index >= 15 is 0 Å². The Morgan fingerprint density at radius 1 is 0.640 bits per heavy atom. The molecule has 5 fully saturated rings. The first-order chi connectivity index (χ1) is 41.4. The molecule has 10 N–H and O–H groups in total. The number of hydrogen-bond acceptors (Lipinski definition) is 21. The zero-order chi connectivity index (χ0) is 62.0. The van der Waals surface area contributed by atoms with E-state index in [1.165, 1.54) is 20.3 Å². The van der Waals surface area contributed by atoms with E-state index in [2.05, 4.69) is 35.1 Å². The van der Waals surface area contributed by atoms with E-state index in [4.69, 9.17) is 38.6 Å². The van der Waals surface area contributed by atoms with E-state index in [-0.39, 0.29) is 63.0 Å². The molecule has 4 aliphatic carbocycles. The molecule has 480 valence electrons. The van der Waals surface area contributed by atoms with Crippen LogP contribution < -0.4 is 30.7 Å². The summed E-state index contributed by atoms with van der Waals surface area (Å²) in [7, 11) is 3.07. The highest BCUT2D eigenvalue weighted by molar-refractivity contribution is 6.43. The molecule has 1 saturated heterocycles. The van der Waals surface area contributed by atoms with Gasteiger partial charge in [-0.25, -0.2) is 4.79 Å². The van der Waals surface area contributed by atoms with Gasteiger partial charge < -0.3 is 80.0 Å². The van der Waals surface area contributed by atoms with Crippen molar-refractivity contribution < 1.29 is 82.7 Å². The van der Waals surface area contributed by atoms with Gasteiger partial charge >= 0.3 is 17.9 Å². The summed E-state index contributed by atoms with van der Waals surface area (Å²) in [5, 5.41) is 70.6. The predicted octanol–water partition coefficient (Wildman–Crippen LogP) is 2.01. The zero-order valence-electron chi connectivity index (χ0n) is 50.4. The molecule has 0 unspecified atom stereocenters. The van der Waals surface area contributed by atoms with Gasteiger partial charge in [-0.2, -0.15) is 0 Å². The largest absolute Gasteiger partial charge is 0.496 e. The molecule has 26 heteroatoms. The summed E-state index contributed by atoms with van der Waals surface area (Å²) in [5.41, 5.74) is 1.62. The van der Waals surface area contributed by atoms with Crippen molar-refractivity contribution in [2.24, 2.45) is 23.7 Å². The Labute approximate surface area is 504 Å². The monoisotopic (exact) mass is 1210 g/mol. The Bertz CT molecular complexity index is 2490. The van der Waals surface area contributed by atoms with Crippen molar-refractivity contribution in [1.82, 2.24) is 30.2 Å². The third-order valence-electron chi connectivity index (χ3n) is 16.3. The van der Waals surface area contributed by atoms with Crippen LogP contribution in [0.4, 0.5) is 11.4 Å². The predicted molar refractivity (Wildman–Crippen MR) is 320 cm³/mol. The van der Waals surface area contributed by atoms with Crippen LogP contribution in [0.3, 0.4) is 0 Å². The molecule has 0 spiro atoms. The van der Waals surface area contributed by atoms with Gasteiger partial charge in [-0.15, -0.1) is 0 Å². The molecular formula is C60H93N9O17. The number of aliphatic hydroxyl groups is 2. The summed E-state index contributed by atoms with van der Waals surface area (Å²) in [6.45, 7) is 10.9. The lowest BCUT2D eigenvalue weighted by atomic mass is 9.48. The molecule has 5 aliphatic rings. The van der Waals surface area contributed by atoms with Crippen molar-refractivity contribution in [3.63, 3.8) is 0 Å². The number of carboxylic acid groups (broad SMARTS) is 3. The molecule has 2 amide bonds. The van der Waals surface area contributed by atoms with E-state index in [0.717, 1.165) is 49.0 Å². The van der Waals surface area contributed by atoms with E-state index < -0.39 is 41.4 Å². The topological polar surface area (TPSA) is 336 Å². The van der Waals surface area contributed by atoms with E-state index in [0.29, 0.717) is 153 Å². The average molecular weight is 1210 g/mol. The summed E-state index contributed by atoms with van der Waals surface area (Å²) < 4.78 is 39.8. The van der Waals surface area contributed by atoms with Crippen molar-refractivity contribution in [3.05, 3.63) is 53.6 Å². The van der Waals surface area contributed by atoms with Crippen LogP contribution in [0.1, 0.15) is 63.0 Å². The molecule has 0 radical (unpaired) electrons. The van der Waals surface area contributed by atoms with Crippen LogP contribution in [-0.2, 0) is 47.7 Å². The highest BCUT2D eigenvalue weighted by Crippen LogP contribution is 2.58. The minimum absolute atomic E-state index is 0.0367. The Kier molecular flexibility index (Phi) is 28.7. The van der Waals surface area contributed by atoms with E-state index in [9.17, 15) is 49.5 Å². The Morgan fingerprint density at radius 3 is 1.56 bits per heavy atom. The number of aliphatic hydroxyl groups excluding tert-OH is 1. The number of methoxy groups -OCH3 is 2. The van der Waals surface area contributed by atoms with E-state index in [1.807, 2.05) is 23.1 Å². The number of carbonyl (C=O) groups is 5. The number of benzene rings is 2. The van der Waals surface area contributed by atoms with Crippen LogP contribution in [0.15, 0.2) is 42.5 Å². The van der Waals surface area contributed by atoms with Gasteiger partial charge in [-0.3, -0.25) is 44.2 Å². The van der Waals surface area contributed by atoms with Crippen molar-refractivity contribution in [2.75, 3.05) is 183 Å². The van der Waals surface area contributed by atoms with Gasteiger partial charge in [0.15, 0.2) is 6.29 Å². The highest BCUT2D eigenvalue weighted by Gasteiger charge is 2.62. The summed E-state index contributed by atoms with van der Waals surface area (Å²) in [5.74, 6) is -2.43. The minimum atomic E-state index is -1.59. The molecule has 2 aromatic rings. The number of rotatable bonds is 37. The maximum Gasteiger partial charge on any atom is 0.330 e. The number of carboxylic acids is 3. The number of nitrogens with zero attached hydrogens (tertiary/aromatic N) is 4. The second kappa shape index (κ2) is 35.7. The van der Waals surface area contributed by atoms with Gasteiger partial charge in [0.1, 0.15) is 22.7 Å². The van der Waals surface area contributed by atoms with Crippen LogP contribution in [-0.4, -0.2) is 264 Å². The number of carbonyl (C=O) groups excluding carboxylic acids is 2. The third kappa shape index (κ3) is 21.7. The maximum absolute atomic E-state index is 14.0. The number of nitrogens with one attached hydrogen (secondary N) is 5. The lowest BCUT2D eigenvalue weighted by Gasteiger charge is -2.59. The number of hydrogen-bond donors (Lipinski definition) is 10. The summed E-state index contributed by atoms with van der Waals surface area (Å²) >= 11 is 0. The Morgan fingerprint density at radius 2 is 1.10 bits per heavy atom. The lowest BCUT2D eigenvalue weighted by Crippen LogP contribution is -2.70. The Hall–Kier alpha value is -6.04. The minimum Gasteiger partial charge on any atom is -0.496 e. The first-order valence-electron chi connectivity index (χ1n) is 30.0. The second-order valence-electron chi connectivity index (χ2n) is 22.8. The summed E-state index contributed by atoms with van der Waals surface area (Å²) in [6.07, 6.45) is 4.04. The molecule has 0 atom stereocenters. The number of β-amino-alcohol motifs (C(OH)–C–C–N with tert-alkyl or cyclic N) is 2. The number of amides is 2. The van der Waals surface area contributed by atoms with Gasteiger partial charge in [0.25, 0.3) is 5.91 Å². The quantitative estimate of drug-likeness (QED) is 0.0263. The second-order valence-corrected chi connectivity index (χ2v) is 22.8. The van der Waals surface area contributed by atoms with Gasteiger partial charge in [0, 0.05) is 83.4 Å². The van der Waals surface area contributed by atoms with Crippen LogP contribution in [0.2, 0.25) is 0 Å². The molecule has 4 bridgehead atoms. The molecule has 0 aromatic heterocycles. The summed E-state index contributed by atoms with van der Waals surface area (Å²) in [6, 6.07) is 11.2. The number of aliphatic carboxylic acids is 3. The molecule has 1 aliphatic heterocycles. The van der Waals surface area contributed by atoms with Crippen LogP contribution in [0.25, 0.3) is 5.70 Å². The first kappa shape index (κ1) is 69.1. The average Bonchev–Trinajstić information content (AvgIpc) is 1.71. The van der Waals surface area contributed by atoms with E-state index in [1.54, 1.807) is 32.9 Å². The lowest BCUT2D eigenvalue weighted by molar-refractivity contribution is -0.166. The number of ether oxygens (including phenoxy) is 7. The van der Waals surface area contributed by atoms with Crippen molar-refractivity contribution in [3.8, 4) is 11.5 Å². The highest BCUT2D eigenvalue weighted by atomic mass is 16.6. The molecular weight excluding hydrogens is 1120 g/mol. The van der Waals surface area contributed by atoms with Gasteiger partial charge in [-0.05, 0) is 104 Å². The third-order valence-corrected chi connectivity index (χ3v) is 16.3. The van der Waals surface area contributed by atoms with Gasteiger partial charge in [0.2, 0.25) is 5.91 Å². The van der Waals surface area contributed by atoms with Gasteiger partial charge in [0.05, 0.1) is 111 Å². The molecule has 86 heavy (non-hydrogen) atoms.